The summed E-state index contributed by atoms with van der Waals surface area (Å²) in [6.07, 6.45) is 3.98. The molecule has 1 saturated heterocycles. The Kier molecular flexibility index (Phi) is 5.19. The fourth-order valence-corrected chi connectivity index (χ4v) is 3.78. The van der Waals surface area contributed by atoms with Gasteiger partial charge >= 0.3 is 6.03 Å². The number of carbonyl (C=O) groups is 1. The van der Waals surface area contributed by atoms with Crippen LogP contribution in [0.3, 0.4) is 0 Å². The molecule has 2 aromatic heterocycles. The Morgan fingerprint density at radius 3 is 2.58 bits per heavy atom. The van der Waals surface area contributed by atoms with E-state index in [1.807, 2.05) is 0 Å². The molecule has 0 bridgehead atoms. The molecule has 2 aliphatic heterocycles. The van der Waals surface area contributed by atoms with Gasteiger partial charge in [0.25, 0.3) is 0 Å². The Balaban J connectivity index is 1.24. The van der Waals surface area contributed by atoms with E-state index in [9.17, 15) is 18.0 Å². The van der Waals surface area contributed by atoms with Crippen LogP contribution in [0.25, 0.3) is 11.5 Å². The van der Waals surface area contributed by atoms with Gasteiger partial charge in [-0.25, -0.2) is 28.0 Å². The topological polar surface area (TPSA) is 88.7 Å². The van der Waals surface area contributed by atoms with Crippen molar-refractivity contribution in [3.63, 3.8) is 0 Å². The lowest BCUT2D eigenvalue weighted by atomic mass is 10.0. The summed E-state index contributed by atoms with van der Waals surface area (Å²) >= 11 is 0. The fourth-order valence-electron chi connectivity index (χ4n) is 3.78. The highest BCUT2D eigenvalue weighted by Crippen LogP contribution is 2.32. The summed E-state index contributed by atoms with van der Waals surface area (Å²) in [6, 6.07) is 3.56. The second kappa shape index (κ2) is 8.19. The maximum absolute atomic E-state index is 14.2. The van der Waals surface area contributed by atoms with Gasteiger partial charge in [-0.3, -0.25) is 0 Å². The third-order valence-electron chi connectivity index (χ3n) is 5.47. The highest BCUT2D eigenvalue weighted by molar-refractivity contribution is 5.79. The smallest absolute Gasteiger partial charge is 0.341 e. The monoisotopic (exact) mass is 457 g/mol. The van der Waals surface area contributed by atoms with E-state index < -0.39 is 35.6 Å². The Hall–Kier alpha value is -3.96. The normalized spacial score (nSPS) is 18.0. The molecular weight excluding hydrogens is 439 g/mol. The molecule has 0 saturated carbocycles. The molecule has 0 N–H and O–H groups in total. The average Bonchev–Trinajstić information content (AvgIpc) is 3.39. The number of benzene rings is 1. The molecule has 5 rings (SSSR count). The Bertz CT molecular complexity index is 1220. The molecule has 12 heteroatoms. The molecule has 170 valence electrons. The van der Waals surface area contributed by atoms with Crippen molar-refractivity contribution in [2.24, 2.45) is 12.1 Å². The Morgan fingerprint density at radius 2 is 1.88 bits per heavy atom. The first kappa shape index (κ1) is 20.9. The summed E-state index contributed by atoms with van der Waals surface area (Å²) < 4.78 is 48.8. The van der Waals surface area contributed by atoms with Crippen LogP contribution in [-0.4, -0.2) is 61.1 Å². The second-order valence-corrected chi connectivity index (χ2v) is 7.79. The third-order valence-corrected chi connectivity index (χ3v) is 5.47. The standard InChI is InChI=1S/C21H18F3N7O2/c1-29-11-26-28-20(29)17-7-19(16(24)8-25-17)33-15-9-30(10-15)21(32)31-18(2-3-27-31)12-4-13(22)6-14(23)5-12/h3-8,11,15,18H,2,9-10H2,1H3. The maximum atomic E-state index is 14.2. The molecule has 3 aromatic rings. The van der Waals surface area contributed by atoms with Crippen molar-refractivity contribution < 1.29 is 22.7 Å². The predicted octanol–water partition coefficient (Wildman–Crippen LogP) is 2.91. The molecular formula is C21H18F3N7O2. The second-order valence-electron chi connectivity index (χ2n) is 7.79. The van der Waals surface area contributed by atoms with E-state index in [2.05, 4.69) is 20.3 Å². The Labute approximate surface area is 186 Å². The molecule has 0 spiro atoms. The van der Waals surface area contributed by atoms with Crippen LogP contribution in [-0.2, 0) is 7.05 Å². The van der Waals surface area contributed by atoms with Gasteiger partial charge in [0.05, 0.1) is 25.3 Å². The van der Waals surface area contributed by atoms with Gasteiger partial charge in [0, 0.05) is 31.8 Å². The number of hydrogen-bond donors (Lipinski definition) is 0. The zero-order valence-corrected chi connectivity index (χ0v) is 17.4. The molecule has 0 radical (unpaired) electrons. The van der Waals surface area contributed by atoms with Gasteiger partial charge in [-0.05, 0) is 17.7 Å². The van der Waals surface area contributed by atoms with E-state index in [1.165, 1.54) is 40.6 Å². The van der Waals surface area contributed by atoms with E-state index >= 15 is 0 Å². The number of halogens is 3. The number of aromatic nitrogens is 4. The number of urea groups is 1. The van der Waals surface area contributed by atoms with Crippen molar-refractivity contribution in [2.45, 2.75) is 18.6 Å². The first-order valence-corrected chi connectivity index (χ1v) is 10.1. The Morgan fingerprint density at radius 1 is 1.12 bits per heavy atom. The summed E-state index contributed by atoms with van der Waals surface area (Å²) in [6.45, 7) is 0.409. The lowest BCUT2D eigenvalue weighted by Crippen LogP contribution is -2.58. The molecule has 1 unspecified atom stereocenters. The minimum absolute atomic E-state index is 0.00703. The number of hydrogen-bond acceptors (Lipinski definition) is 6. The molecule has 1 fully saturated rings. The highest BCUT2D eigenvalue weighted by Gasteiger charge is 2.39. The number of amides is 2. The van der Waals surface area contributed by atoms with Crippen molar-refractivity contribution in [1.29, 1.82) is 0 Å². The quantitative estimate of drug-likeness (QED) is 0.601. The first-order chi connectivity index (χ1) is 15.9. The molecule has 33 heavy (non-hydrogen) atoms. The van der Waals surface area contributed by atoms with Crippen molar-refractivity contribution in [2.75, 3.05) is 13.1 Å². The SMILES string of the molecule is Cn1cnnc1-c1cc(OC2CN(C(=O)N3N=CCC3c3cc(F)cc(F)c3)C2)c(F)cn1. The summed E-state index contributed by atoms with van der Waals surface area (Å²) in [5, 5.41) is 13.0. The summed E-state index contributed by atoms with van der Waals surface area (Å²) in [7, 11) is 1.74. The van der Waals surface area contributed by atoms with E-state index in [4.69, 9.17) is 4.74 Å². The predicted molar refractivity (Wildman–Crippen MR) is 110 cm³/mol. The van der Waals surface area contributed by atoms with Crippen molar-refractivity contribution in [1.82, 2.24) is 29.7 Å². The fraction of sp³-hybridized carbons (Fsp3) is 0.286. The van der Waals surface area contributed by atoms with Gasteiger partial charge in [0.15, 0.2) is 17.4 Å². The summed E-state index contributed by atoms with van der Waals surface area (Å²) in [4.78, 5) is 18.4. The van der Waals surface area contributed by atoms with Crippen LogP contribution in [0.15, 0.2) is 41.9 Å². The molecule has 1 atom stereocenters. The van der Waals surface area contributed by atoms with Gasteiger partial charge in [0.1, 0.15) is 29.8 Å². The number of carbonyl (C=O) groups excluding carboxylic acids is 1. The first-order valence-electron chi connectivity index (χ1n) is 10.1. The molecule has 9 nitrogen and oxygen atoms in total. The van der Waals surface area contributed by atoms with Crippen LogP contribution in [0.2, 0.25) is 0 Å². The zero-order chi connectivity index (χ0) is 23.1. The van der Waals surface area contributed by atoms with Gasteiger partial charge in [-0.1, -0.05) is 0 Å². The minimum atomic E-state index is -0.721. The van der Waals surface area contributed by atoms with E-state index in [0.29, 0.717) is 23.5 Å². The van der Waals surface area contributed by atoms with Gasteiger partial charge in [-0.15, -0.1) is 10.2 Å². The molecule has 2 aliphatic rings. The summed E-state index contributed by atoms with van der Waals surface area (Å²) in [5.74, 6) is -1.63. The average molecular weight is 457 g/mol. The van der Waals surface area contributed by atoms with Crippen LogP contribution < -0.4 is 4.74 Å². The number of ether oxygens (including phenoxy) is 1. The number of rotatable bonds is 4. The molecule has 1 aromatic carbocycles. The molecule has 2 amide bonds. The highest BCUT2D eigenvalue weighted by atomic mass is 19.1. The largest absolute Gasteiger partial charge is 0.483 e. The number of pyridine rings is 1. The van der Waals surface area contributed by atoms with E-state index in [0.717, 1.165) is 12.3 Å². The van der Waals surface area contributed by atoms with Gasteiger partial charge in [-0.2, -0.15) is 5.10 Å². The number of aryl methyl sites for hydroxylation is 1. The van der Waals surface area contributed by atoms with Crippen LogP contribution in [0, 0.1) is 17.5 Å². The van der Waals surface area contributed by atoms with Crippen molar-refractivity contribution >= 4 is 12.2 Å². The van der Waals surface area contributed by atoms with Crippen LogP contribution in [0.1, 0.15) is 18.0 Å². The maximum Gasteiger partial charge on any atom is 0.341 e. The lowest BCUT2D eigenvalue weighted by Gasteiger charge is -2.41. The minimum Gasteiger partial charge on any atom is -0.483 e. The molecule has 0 aliphatic carbocycles. The van der Waals surface area contributed by atoms with Gasteiger partial charge < -0.3 is 14.2 Å². The number of nitrogens with zero attached hydrogens (tertiary/aromatic N) is 7. The summed E-state index contributed by atoms with van der Waals surface area (Å²) in [5.41, 5.74) is 0.720. The van der Waals surface area contributed by atoms with Crippen LogP contribution in [0.5, 0.6) is 5.75 Å². The molecule has 4 heterocycles. The van der Waals surface area contributed by atoms with Gasteiger partial charge in [0.2, 0.25) is 0 Å². The zero-order valence-electron chi connectivity index (χ0n) is 17.4. The van der Waals surface area contributed by atoms with Crippen molar-refractivity contribution in [3.8, 4) is 17.3 Å². The number of likely N-dealkylation sites (tertiary alicyclic amines) is 1. The lowest BCUT2D eigenvalue weighted by molar-refractivity contribution is 0.0256. The van der Waals surface area contributed by atoms with Crippen LogP contribution in [0.4, 0.5) is 18.0 Å². The van der Waals surface area contributed by atoms with E-state index in [1.54, 1.807) is 11.6 Å². The van der Waals surface area contributed by atoms with E-state index in [-0.39, 0.29) is 18.8 Å². The number of hydrazone groups is 1. The third kappa shape index (κ3) is 3.99. The van der Waals surface area contributed by atoms with Crippen LogP contribution >= 0.6 is 0 Å². The van der Waals surface area contributed by atoms with Crippen molar-refractivity contribution in [3.05, 3.63) is 59.8 Å².